The van der Waals surface area contributed by atoms with Crippen molar-refractivity contribution in [3.05, 3.63) is 29.6 Å². The smallest absolute Gasteiger partial charge is 0.307 e. The molecule has 0 spiro atoms. The van der Waals surface area contributed by atoms with Crippen LogP contribution < -0.4 is 5.32 Å². The quantitative estimate of drug-likeness (QED) is 0.859. The maximum absolute atomic E-state index is 13.6. The Balaban J connectivity index is 2.02. The minimum absolute atomic E-state index is 0.0678. The molecule has 1 saturated carbocycles. The van der Waals surface area contributed by atoms with Gasteiger partial charge >= 0.3 is 5.97 Å². The maximum atomic E-state index is 13.6. The van der Waals surface area contributed by atoms with Gasteiger partial charge in [0.1, 0.15) is 5.82 Å². The average molecular weight is 265 g/mol. The molecular formula is C14H16FNO3. The second-order valence-electron chi connectivity index (χ2n) is 4.99. The molecule has 0 saturated heterocycles. The van der Waals surface area contributed by atoms with Crippen molar-refractivity contribution in [2.45, 2.75) is 26.2 Å². The van der Waals surface area contributed by atoms with Gasteiger partial charge in [-0.2, -0.15) is 0 Å². The molecule has 2 N–H and O–H groups in total. The van der Waals surface area contributed by atoms with Crippen molar-refractivity contribution in [1.29, 1.82) is 0 Å². The van der Waals surface area contributed by atoms with Gasteiger partial charge < -0.3 is 10.4 Å². The molecule has 2 rings (SSSR count). The molecule has 0 heterocycles. The molecule has 1 amide bonds. The van der Waals surface area contributed by atoms with Gasteiger partial charge in [-0.15, -0.1) is 0 Å². The van der Waals surface area contributed by atoms with Crippen molar-refractivity contribution in [2.24, 2.45) is 11.8 Å². The fourth-order valence-electron chi connectivity index (χ4n) is 2.00. The first-order valence-electron chi connectivity index (χ1n) is 6.28. The van der Waals surface area contributed by atoms with Gasteiger partial charge in [-0.05, 0) is 36.5 Å². The summed E-state index contributed by atoms with van der Waals surface area (Å²) in [7, 11) is 0. The molecule has 1 unspecified atom stereocenters. The summed E-state index contributed by atoms with van der Waals surface area (Å²) < 4.78 is 13.6. The van der Waals surface area contributed by atoms with Gasteiger partial charge in [-0.3, -0.25) is 9.59 Å². The number of carbonyl (C=O) groups is 2. The van der Waals surface area contributed by atoms with Gasteiger partial charge in [0.05, 0.1) is 6.42 Å². The van der Waals surface area contributed by atoms with Gasteiger partial charge in [0.25, 0.3) is 0 Å². The molecule has 102 valence electrons. The van der Waals surface area contributed by atoms with Crippen LogP contribution in [0.4, 0.5) is 10.1 Å². The number of nitrogens with one attached hydrogen (secondary N) is 1. The fourth-order valence-corrected chi connectivity index (χ4v) is 2.00. The molecular weight excluding hydrogens is 249 g/mol. The van der Waals surface area contributed by atoms with E-state index in [-0.39, 0.29) is 23.8 Å². The molecule has 1 atom stereocenters. The molecule has 19 heavy (non-hydrogen) atoms. The number of carboxylic acid groups (broad SMARTS) is 1. The number of halogens is 1. The second-order valence-corrected chi connectivity index (χ2v) is 4.99. The van der Waals surface area contributed by atoms with Gasteiger partial charge in [-0.25, -0.2) is 4.39 Å². The number of benzene rings is 1. The Hall–Kier alpha value is -1.91. The number of carbonyl (C=O) groups excluding carboxylic acids is 1. The van der Waals surface area contributed by atoms with Gasteiger partial charge in [0, 0.05) is 11.6 Å². The monoisotopic (exact) mass is 265 g/mol. The van der Waals surface area contributed by atoms with E-state index in [1.807, 2.05) is 6.92 Å². The third kappa shape index (κ3) is 3.53. The van der Waals surface area contributed by atoms with Gasteiger partial charge in [0.15, 0.2) is 0 Å². The van der Waals surface area contributed by atoms with E-state index in [0.29, 0.717) is 11.6 Å². The number of carboxylic acids is 1. The van der Waals surface area contributed by atoms with Crippen LogP contribution in [0, 0.1) is 17.7 Å². The number of hydrogen-bond donors (Lipinski definition) is 2. The Bertz CT molecular complexity index is 511. The number of rotatable bonds is 5. The molecule has 0 bridgehead atoms. The zero-order valence-corrected chi connectivity index (χ0v) is 10.6. The van der Waals surface area contributed by atoms with E-state index in [1.54, 1.807) is 0 Å². The summed E-state index contributed by atoms with van der Waals surface area (Å²) in [5.74, 6) is -1.44. The average Bonchev–Trinajstić information content (AvgIpc) is 3.15. The van der Waals surface area contributed by atoms with Crippen LogP contribution in [0.25, 0.3) is 0 Å². The van der Waals surface area contributed by atoms with Crippen molar-refractivity contribution < 1.29 is 19.1 Å². The lowest BCUT2D eigenvalue weighted by atomic mass is 10.1. The highest BCUT2D eigenvalue weighted by molar-refractivity contribution is 5.92. The summed E-state index contributed by atoms with van der Waals surface area (Å²) in [4.78, 5) is 22.4. The van der Waals surface area contributed by atoms with Crippen LogP contribution in [-0.2, 0) is 16.0 Å². The molecule has 0 aromatic heterocycles. The lowest BCUT2D eigenvalue weighted by molar-refractivity contribution is -0.136. The first-order valence-corrected chi connectivity index (χ1v) is 6.28. The Labute approximate surface area is 110 Å². The molecule has 4 nitrogen and oxygen atoms in total. The largest absolute Gasteiger partial charge is 0.481 e. The summed E-state index contributed by atoms with van der Waals surface area (Å²) in [6.45, 7) is 1.86. The van der Waals surface area contributed by atoms with Crippen LogP contribution >= 0.6 is 0 Å². The first kappa shape index (κ1) is 13.5. The summed E-state index contributed by atoms with van der Waals surface area (Å²) in [6.07, 6.45) is 1.78. The topological polar surface area (TPSA) is 66.4 Å². The molecule has 0 aliphatic heterocycles. The zero-order valence-electron chi connectivity index (χ0n) is 10.6. The van der Waals surface area contributed by atoms with Gasteiger partial charge in [-0.1, -0.05) is 13.0 Å². The lowest BCUT2D eigenvalue weighted by Gasteiger charge is -2.11. The standard InChI is InChI=1S/C14H16FNO3/c1-8(9-2-3-9)14(19)16-11-5-4-10(6-13(17)18)12(15)7-11/h4-5,7-9H,2-3,6H2,1H3,(H,16,19)(H,17,18). The molecule has 1 fully saturated rings. The minimum Gasteiger partial charge on any atom is -0.481 e. The molecule has 0 radical (unpaired) electrons. The Morgan fingerprint density at radius 3 is 2.68 bits per heavy atom. The third-order valence-corrected chi connectivity index (χ3v) is 3.40. The summed E-state index contributed by atoms with van der Waals surface area (Å²) in [5, 5.41) is 11.3. The van der Waals surface area contributed by atoms with E-state index < -0.39 is 11.8 Å². The molecule has 1 aromatic rings. The van der Waals surface area contributed by atoms with Crippen LogP contribution in [0.1, 0.15) is 25.3 Å². The van der Waals surface area contributed by atoms with Crippen LogP contribution in [0.15, 0.2) is 18.2 Å². The van der Waals surface area contributed by atoms with Crippen molar-refractivity contribution in [2.75, 3.05) is 5.32 Å². The summed E-state index contributed by atoms with van der Waals surface area (Å²) in [6, 6.07) is 4.08. The first-order chi connectivity index (χ1) is 8.97. The van der Waals surface area contributed by atoms with Crippen LogP contribution in [0.2, 0.25) is 0 Å². The predicted octanol–water partition coefficient (Wildman–Crippen LogP) is 2.44. The summed E-state index contributed by atoms with van der Waals surface area (Å²) >= 11 is 0. The van der Waals surface area contributed by atoms with E-state index in [0.717, 1.165) is 18.9 Å². The van der Waals surface area contributed by atoms with Crippen LogP contribution in [-0.4, -0.2) is 17.0 Å². The Morgan fingerprint density at radius 2 is 2.16 bits per heavy atom. The molecule has 5 heteroatoms. The van der Waals surface area contributed by atoms with Crippen molar-refractivity contribution >= 4 is 17.6 Å². The molecule has 1 aromatic carbocycles. The van der Waals surface area contributed by atoms with Crippen LogP contribution in [0.3, 0.4) is 0 Å². The highest BCUT2D eigenvalue weighted by Gasteiger charge is 2.32. The van der Waals surface area contributed by atoms with E-state index in [2.05, 4.69) is 5.32 Å². The van der Waals surface area contributed by atoms with E-state index in [1.165, 1.54) is 12.1 Å². The van der Waals surface area contributed by atoms with Crippen molar-refractivity contribution in [1.82, 2.24) is 0 Å². The fraction of sp³-hybridized carbons (Fsp3) is 0.429. The number of hydrogen-bond acceptors (Lipinski definition) is 2. The number of amides is 1. The highest BCUT2D eigenvalue weighted by Crippen LogP contribution is 2.37. The van der Waals surface area contributed by atoms with Crippen molar-refractivity contribution in [3.8, 4) is 0 Å². The van der Waals surface area contributed by atoms with Gasteiger partial charge in [0.2, 0.25) is 5.91 Å². The van der Waals surface area contributed by atoms with E-state index >= 15 is 0 Å². The van der Waals surface area contributed by atoms with E-state index in [4.69, 9.17) is 5.11 Å². The maximum Gasteiger partial charge on any atom is 0.307 e. The zero-order chi connectivity index (χ0) is 14.0. The Kier molecular flexibility index (Phi) is 3.83. The lowest BCUT2D eigenvalue weighted by Crippen LogP contribution is -2.21. The highest BCUT2D eigenvalue weighted by atomic mass is 19.1. The molecule has 1 aliphatic carbocycles. The van der Waals surface area contributed by atoms with Crippen LogP contribution in [0.5, 0.6) is 0 Å². The van der Waals surface area contributed by atoms with Crippen molar-refractivity contribution in [3.63, 3.8) is 0 Å². The third-order valence-electron chi connectivity index (χ3n) is 3.40. The SMILES string of the molecule is CC(C(=O)Nc1ccc(CC(=O)O)c(F)c1)C1CC1. The van der Waals surface area contributed by atoms with E-state index in [9.17, 15) is 14.0 Å². The summed E-state index contributed by atoms with van der Waals surface area (Å²) in [5.41, 5.74) is 0.477. The number of anilines is 1. The number of aliphatic carboxylic acids is 1. The normalized spacial score (nSPS) is 15.9. The minimum atomic E-state index is -1.09. The predicted molar refractivity (Wildman–Crippen MR) is 68.3 cm³/mol. The second kappa shape index (κ2) is 5.38. The Morgan fingerprint density at radius 1 is 1.47 bits per heavy atom. The molecule has 1 aliphatic rings.